The molecule has 0 atom stereocenters. The van der Waals surface area contributed by atoms with Gasteiger partial charge in [0.15, 0.2) is 0 Å². The molecule has 0 saturated carbocycles. The summed E-state index contributed by atoms with van der Waals surface area (Å²) in [4.78, 5) is 0. The molecular formula is C9H6BrF2NS. The first-order valence-electron chi connectivity index (χ1n) is 3.84. The van der Waals surface area contributed by atoms with Gasteiger partial charge in [-0.2, -0.15) is 0 Å². The van der Waals surface area contributed by atoms with Crippen LogP contribution < -0.4 is 5.73 Å². The van der Waals surface area contributed by atoms with E-state index in [1.54, 1.807) is 11.4 Å². The van der Waals surface area contributed by atoms with Crippen molar-refractivity contribution in [3.8, 4) is 0 Å². The summed E-state index contributed by atoms with van der Waals surface area (Å²) in [5.41, 5.74) is 6.25. The van der Waals surface area contributed by atoms with Crippen LogP contribution in [0.1, 0.15) is 12.0 Å². The molecule has 0 saturated heterocycles. The maximum atomic E-state index is 12.6. The van der Waals surface area contributed by atoms with Crippen LogP contribution in [-0.2, 0) is 0 Å². The molecule has 2 N–H and O–H groups in total. The highest BCUT2D eigenvalue weighted by molar-refractivity contribution is 9.10. The minimum absolute atomic E-state index is 0.0380. The highest BCUT2D eigenvalue weighted by atomic mass is 79.9. The average Bonchev–Trinajstić information content (AvgIpc) is 2.47. The van der Waals surface area contributed by atoms with Gasteiger partial charge in [0.05, 0.1) is 5.69 Å². The van der Waals surface area contributed by atoms with Crippen LogP contribution in [0.15, 0.2) is 22.0 Å². The summed E-state index contributed by atoms with van der Waals surface area (Å²) in [5, 5.41) is 2.38. The second-order valence-corrected chi connectivity index (χ2v) is 4.66. The molecule has 0 amide bonds. The van der Waals surface area contributed by atoms with E-state index >= 15 is 0 Å². The molecule has 1 heterocycles. The first-order chi connectivity index (χ1) is 6.59. The van der Waals surface area contributed by atoms with Crippen molar-refractivity contribution in [1.29, 1.82) is 0 Å². The molecule has 5 heteroatoms. The van der Waals surface area contributed by atoms with E-state index in [-0.39, 0.29) is 5.56 Å². The Morgan fingerprint density at radius 2 is 2.07 bits per heavy atom. The van der Waals surface area contributed by atoms with Gasteiger partial charge in [-0.15, -0.1) is 11.3 Å². The first-order valence-corrected chi connectivity index (χ1v) is 5.51. The van der Waals surface area contributed by atoms with Crippen LogP contribution in [-0.4, -0.2) is 0 Å². The lowest BCUT2D eigenvalue weighted by Gasteiger charge is -2.02. The molecule has 1 aromatic heterocycles. The van der Waals surface area contributed by atoms with E-state index in [0.717, 1.165) is 0 Å². The number of benzene rings is 1. The van der Waals surface area contributed by atoms with Crippen molar-refractivity contribution >= 4 is 43.0 Å². The van der Waals surface area contributed by atoms with Crippen molar-refractivity contribution in [2.75, 3.05) is 5.73 Å². The number of alkyl halides is 2. The van der Waals surface area contributed by atoms with Crippen molar-refractivity contribution in [2.24, 2.45) is 0 Å². The second-order valence-electron chi connectivity index (χ2n) is 2.86. The Hall–Kier alpha value is -0.680. The molecule has 0 spiro atoms. The zero-order chi connectivity index (χ0) is 10.3. The largest absolute Gasteiger partial charge is 0.398 e. The predicted octanol–water partition coefficient (Wildman–Crippen LogP) is 4.18. The third kappa shape index (κ3) is 1.50. The van der Waals surface area contributed by atoms with Crippen molar-refractivity contribution in [2.45, 2.75) is 6.43 Å². The monoisotopic (exact) mass is 277 g/mol. The van der Waals surface area contributed by atoms with E-state index in [1.807, 2.05) is 0 Å². The first kappa shape index (κ1) is 9.86. The molecule has 0 bridgehead atoms. The summed E-state index contributed by atoms with van der Waals surface area (Å²) in [5.74, 6) is 0. The Bertz CT molecular complexity index is 481. The minimum Gasteiger partial charge on any atom is -0.398 e. The molecule has 1 nitrogen and oxygen atoms in total. The van der Waals surface area contributed by atoms with Crippen molar-refractivity contribution in [1.82, 2.24) is 0 Å². The van der Waals surface area contributed by atoms with E-state index < -0.39 is 6.43 Å². The maximum absolute atomic E-state index is 12.6. The third-order valence-corrected chi connectivity index (χ3v) is 3.45. The summed E-state index contributed by atoms with van der Waals surface area (Å²) in [6.45, 7) is 0. The standard InChI is InChI=1S/C9H6BrF2NS/c10-4-1-5-7(13)3-14-8(5)6(2-4)9(11)12/h1-3,9H,13H2. The minimum atomic E-state index is -2.46. The molecule has 0 radical (unpaired) electrons. The molecule has 0 aliphatic rings. The number of halogens is 3. The van der Waals surface area contributed by atoms with Gasteiger partial charge in [-0.05, 0) is 12.1 Å². The van der Waals surface area contributed by atoms with E-state index in [1.165, 1.54) is 17.4 Å². The van der Waals surface area contributed by atoms with Crippen LogP contribution in [0.25, 0.3) is 10.1 Å². The Balaban J connectivity index is 2.82. The Morgan fingerprint density at radius 1 is 1.36 bits per heavy atom. The maximum Gasteiger partial charge on any atom is 0.265 e. The Morgan fingerprint density at radius 3 is 2.71 bits per heavy atom. The highest BCUT2D eigenvalue weighted by Gasteiger charge is 2.15. The lowest BCUT2D eigenvalue weighted by atomic mass is 10.1. The van der Waals surface area contributed by atoms with Gasteiger partial charge in [0.25, 0.3) is 6.43 Å². The number of rotatable bonds is 1. The van der Waals surface area contributed by atoms with Crippen molar-refractivity contribution in [3.05, 3.63) is 27.5 Å². The average molecular weight is 278 g/mol. The number of nitrogen functional groups attached to an aromatic ring is 1. The summed E-state index contributed by atoms with van der Waals surface area (Å²) in [6, 6.07) is 3.19. The second kappa shape index (κ2) is 3.47. The molecule has 74 valence electrons. The SMILES string of the molecule is Nc1csc2c(C(F)F)cc(Br)cc12. The molecule has 1 aromatic carbocycles. The molecule has 0 aliphatic carbocycles. The van der Waals surface area contributed by atoms with Crippen LogP contribution in [0.3, 0.4) is 0 Å². The van der Waals surface area contributed by atoms with Gasteiger partial charge >= 0.3 is 0 Å². The normalized spacial score (nSPS) is 11.4. The van der Waals surface area contributed by atoms with Gasteiger partial charge in [-0.3, -0.25) is 0 Å². The lowest BCUT2D eigenvalue weighted by Crippen LogP contribution is -1.86. The number of hydrogen-bond donors (Lipinski definition) is 1. The molecule has 2 aromatic rings. The van der Waals surface area contributed by atoms with Crippen molar-refractivity contribution < 1.29 is 8.78 Å². The predicted molar refractivity (Wildman–Crippen MR) is 58.9 cm³/mol. The van der Waals surface area contributed by atoms with Gasteiger partial charge in [0, 0.05) is 25.5 Å². The molecule has 0 aliphatic heterocycles. The van der Waals surface area contributed by atoms with Crippen LogP contribution in [0.4, 0.5) is 14.5 Å². The summed E-state index contributed by atoms with van der Waals surface area (Å²) in [7, 11) is 0. The molecule has 2 rings (SSSR count). The fourth-order valence-electron chi connectivity index (χ4n) is 1.31. The van der Waals surface area contributed by atoms with Crippen molar-refractivity contribution in [3.63, 3.8) is 0 Å². The van der Waals surface area contributed by atoms with Gasteiger partial charge in [0.2, 0.25) is 0 Å². The van der Waals surface area contributed by atoms with E-state index in [9.17, 15) is 8.78 Å². The lowest BCUT2D eigenvalue weighted by molar-refractivity contribution is 0.153. The van der Waals surface area contributed by atoms with Crippen LogP contribution in [0.5, 0.6) is 0 Å². The molecule has 0 unspecified atom stereocenters. The topological polar surface area (TPSA) is 26.0 Å². The number of fused-ring (bicyclic) bond motifs is 1. The fraction of sp³-hybridized carbons (Fsp3) is 0.111. The number of anilines is 1. The zero-order valence-corrected chi connectivity index (χ0v) is 9.33. The summed E-state index contributed by atoms with van der Waals surface area (Å²) < 4.78 is 26.5. The third-order valence-electron chi connectivity index (χ3n) is 1.93. The smallest absolute Gasteiger partial charge is 0.265 e. The van der Waals surface area contributed by atoms with Crippen LogP contribution >= 0.6 is 27.3 Å². The summed E-state index contributed by atoms with van der Waals surface area (Å²) >= 11 is 4.44. The van der Waals surface area contributed by atoms with Gasteiger partial charge < -0.3 is 5.73 Å². The van der Waals surface area contributed by atoms with E-state index in [0.29, 0.717) is 20.2 Å². The van der Waals surface area contributed by atoms with Gasteiger partial charge in [-0.25, -0.2) is 8.78 Å². The fourth-order valence-corrected chi connectivity index (χ4v) is 2.74. The van der Waals surface area contributed by atoms with Crippen LogP contribution in [0, 0.1) is 0 Å². The Kier molecular flexibility index (Phi) is 2.45. The number of thiophene rings is 1. The van der Waals surface area contributed by atoms with E-state index in [2.05, 4.69) is 15.9 Å². The van der Waals surface area contributed by atoms with E-state index in [4.69, 9.17) is 5.73 Å². The quantitative estimate of drug-likeness (QED) is 0.831. The van der Waals surface area contributed by atoms with Crippen LogP contribution in [0.2, 0.25) is 0 Å². The number of nitrogens with two attached hydrogens (primary N) is 1. The highest BCUT2D eigenvalue weighted by Crippen LogP contribution is 2.37. The van der Waals surface area contributed by atoms with Gasteiger partial charge in [0.1, 0.15) is 0 Å². The molecular weight excluding hydrogens is 272 g/mol. The Labute approximate surface area is 91.7 Å². The zero-order valence-electron chi connectivity index (χ0n) is 6.93. The molecule has 14 heavy (non-hydrogen) atoms. The summed E-state index contributed by atoms with van der Waals surface area (Å²) in [6.07, 6.45) is -2.46. The van der Waals surface area contributed by atoms with Gasteiger partial charge in [-0.1, -0.05) is 15.9 Å². The number of hydrogen-bond acceptors (Lipinski definition) is 2. The molecule has 0 fully saturated rings.